The van der Waals surface area contributed by atoms with E-state index in [-0.39, 0.29) is 11.6 Å². The number of hydrogen-bond donors (Lipinski definition) is 2. The smallest absolute Gasteiger partial charge is 0.272 e. The molecule has 5 heteroatoms. The summed E-state index contributed by atoms with van der Waals surface area (Å²) in [6.07, 6.45) is 1.29. The minimum Gasteiger partial charge on any atom is -0.446 e. The Morgan fingerprint density at radius 3 is 2.69 bits per heavy atom. The molecular weight excluding hydrogens is 170 g/mol. The molecule has 72 valence electrons. The summed E-state index contributed by atoms with van der Waals surface area (Å²) in [6.45, 7) is 3.51. The molecule has 0 fully saturated rings. The highest BCUT2D eigenvalue weighted by Crippen LogP contribution is 2.15. The molecule has 0 aliphatic rings. The van der Waals surface area contributed by atoms with Gasteiger partial charge in [0.1, 0.15) is 6.26 Å². The van der Waals surface area contributed by atoms with E-state index in [4.69, 9.17) is 10.2 Å². The number of hydrogen-bond acceptors (Lipinski definition) is 4. The van der Waals surface area contributed by atoms with Crippen LogP contribution in [0.2, 0.25) is 0 Å². The van der Waals surface area contributed by atoms with Gasteiger partial charge in [0.05, 0.1) is 5.54 Å². The number of carbonyl (C=O) groups excluding carboxylic acids is 1. The topological polar surface area (TPSA) is 81.2 Å². The van der Waals surface area contributed by atoms with Crippen molar-refractivity contribution >= 4 is 5.91 Å². The fourth-order valence-corrected chi connectivity index (χ4v) is 0.802. The Morgan fingerprint density at radius 2 is 2.31 bits per heavy atom. The first-order chi connectivity index (χ1) is 5.95. The third-order valence-corrected chi connectivity index (χ3v) is 1.52. The second kappa shape index (κ2) is 3.18. The van der Waals surface area contributed by atoms with Crippen molar-refractivity contribution in [1.82, 2.24) is 10.3 Å². The van der Waals surface area contributed by atoms with Gasteiger partial charge in [-0.1, -0.05) is 0 Å². The number of nitrogens with two attached hydrogens (primary N) is 1. The van der Waals surface area contributed by atoms with E-state index < -0.39 is 5.54 Å². The Hall–Kier alpha value is -1.36. The van der Waals surface area contributed by atoms with Crippen LogP contribution in [0, 0.1) is 0 Å². The maximum Gasteiger partial charge on any atom is 0.272 e. The molecule has 1 aromatic heterocycles. The van der Waals surface area contributed by atoms with Gasteiger partial charge in [-0.3, -0.25) is 4.79 Å². The van der Waals surface area contributed by atoms with Crippen molar-refractivity contribution in [3.63, 3.8) is 0 Å². The number of rotatable bonds is 2. The zero-order valence-electron chi connectivity index (χ0n) is 7.92. The second-order valence-corrected chi connectivity index (χ2v) is 3.34. The van der Waals surface area contributed by atoms with E-state index in [0.29, 0.717) is 5.89 Å². The van der Waals surface area contributed by atoms with Crippen LogP contribution in [-0.4, -0.2) is 17.9 Å². The van der Waals surface area contributed by atoms with Gasteiger partial charge in [-0.05, 0) is 13.8 Å². The SMILES string of the molecule is CNC(=O)c1coc(C(C)(C)N)n1. The summed E-state index contributed by atoms with van der Waals surface area (Å²) in [5.41, 5.74) is 5.31. The molecule has 0 atom stereocenters. The molecule has 0 aliphatic heterocycles. The summed E-state index contributed by atoms with van der Waals surface area (Å²) < 4.78 is 5.06. The largest absolute Gasteiger partial charge is 0.446 e. The molecule has 0 aliphatic carbocycles. The van der Waals surface area contributed by atoms with Crippen LogP contribution in [-0.2, 0) is 5.54 Å². The number of amides is 1. The third-order valence-electron chi connectivity index (χ3n) is 1.52. The first-order valence-corrected chi connectivity index (χ1v) is 3.92. The van der Waals surface area contributed by atoms with Crippen LogP contribution in [0.4, 0.5) is 0 Å². The van der Waals surface area contributed by atoms with Crippen LogP contribution >= 0.6 is 0 Å². The number of carbonyl (C=O) groups is 1. The first kappa shape index (κ1) is 9.73. The van der Waals surface area contributed by atoms with Crippen molar-refractivity contribution in [2.75, 3.05) is 7.05 Å². The lowest BCUT2D eigenvalue weighted by Crippen LogP contribution is -2.29. The number of aromatic nitrogens is 1. The first-order valence-electron chi connectivity index (χ1n) is 3.92. The summed E-state index contributed by atoms with van der Waals surface area (Å²) in [6, 6.07) is 0. The van der Waals surface area contributed by atoms with Crippen molar-refractivity contribution in [3.05, 3.63) is 17.8 Å². The van der Waals surface area contributed by atoms with Crippen molar-refractivity contribution in [2.24, 2.45) is 5.73 Å². The van der Waals surface area contributed by atoms with Gasteiger partial charge >= 0.3 is 0 Å². The molecule has 3 N–H and O–H groups in total. The fraction of sp³-hybridized carbons (Fsp3) is 0.500. The van der Waals surface area contributed by atoms with Crippen molar-refractivity contribution in [1.29, 1.82) is 0 Å². The number of nitrogens with one attached hydrogen (secondary N) is 1. The minimum absolute atomic E-state index is 0.246. The predicted octanol–water partition coefficient (Wildman–Crippen LogP) is 0.228. The van der Waals surface area contributed by atoms with E-state index >= 15 is 0 Å². The van der Waals surface area contributed by atoms with Gasteiger partial charge in [-0.15, -0.1) is 0 Å². The molecule has 0 saturated carbocycles. The highest BCUT2D eigenvalue weighted by atomic mass is 16.3. The van der Waals surface area contributed by atoms with Gasteiger partial charge in [0.2, 0.25) is 5.89 Å². The maximum absolute atomic E-state index is 11.1. The van der Waals surface area contributed by atoms with E-state index in [0.717, 1.165) is 0 Å². The quantitative estimate of drug-likeness (QED) is 0.687. The van der Waals surface area contributed by atoms with Crippen LogP contribution in [0.15, 0.2) is 10.7 Å². The summed E-state index contributed by atoms with van der Waals surface area (Å²) in [7, 11) is 1.53. The fourth-order valence-electron chi connectivity index (χ4n) is 0.802. The molecule has 13 heavy (non-hydrogen) atoms. The molecule has 0 bridgehead atoms. The van der Waals surface area contributed by atoms with E-state index in [1.165, 1.54) is 13.3 Å². The summed E-state index contributed by atoms with van der Waals surface area (Å²) >= 11 is 0. The lowest BCUT2D eigenvalue weighted by atomic mass is 10.1. The Morgan fingerprint density at radius 1 is 1.69 bits per heavy atom. The molecule has 0 spiro atoms. The van der Waals surface area contributed by atoms with E-state index in [1.807, 2.05) is 0 Å². The van der Waals surface area contributed by atoms with Gasteiger partial charge in [0, 0.05) is 7.05 Å². The van der Waals surface area contributed by atoms with Crippen LogP contribution in [0.3, 0.4) is 0 Å². The molecular formula is C8H13N3O2. The molecule has 1 heterocycles. The van der Waals surface area contributed by atoms with Gasteiger partial charge in [0.25, 0.3) is 5.91 Å². The molecule has 0 aromatic carbocycles. The van der Waals surface area contributed by atoms with Gasteiger partial charge in [-0.25, -0.2) is 4.98 Å². The Kier molecular flexibility index (Phi) is 2.38. The van der Waals surface area contributed by atoms with E-state index in [2.05, 4.69) is 10.3 Å². The molecule has 1 aromatic rings. The van der Waals surface area contributed by atoms with Gasteiger partial charge < -0.3 is 15.5 Å². The van der Waals surface area contributed by atoms with E-state index in [9.17, 15) is 4.79 Å². The summed E-state index contributed by atoms with van der Waals surface area (Å²) in [4.78, 5) is 15.0. The van der Waals surface area contributed by atoms with Crippen LogP contribution < -0.4 is 11.1 Å². The molecule has 1 rings (SSSR count). The zero-order chi connectivity index (χ0) is 10.1. The van der Waals surface area contributed by atoms with Crippen LogP contribution in [0.5, 0.6) is 0 Å². The third kappa shape index (κ3) is 2.06. The maximum atomic E-state index is 11.1. The van der Waals surface area contributed by atoms with Crippen molar-refractivity contribution < 1.29 is 9.21 Å². The highest BCUT2D eigenvalue weighted by molar-refractivity contribution is 5.91. The average Bonchev–Trinajstić information content (AvgIpc) is 2.50. The van der Waals surface area contributed by atoms with Crippen LogP contribution in [0.25, 0.3) is 0 Å². The minimum atomic E-state index is -0.660. The summed E-state index contributed by atoms with van der Waals surface area (Å²) in [5.74, 6) is 0.0744. The lowest BCUT2D eigenvalue weighted by molar-refractivity contribution is 0.0958. The number of nitrogens with zero attached hydrogens (tertiary/aromatic N) is 1. The zero-order valence-corrected chi connectivity index (χ0v) is 7.92. The van der Waals surface area contributed by atoms with Crippen LogP contribution in [0.1, 0.15) is 30.2 Å². The second-order valence-electron chi connectivity index (χ2n) is 3.34. The normalized spacial score (nSPS) is 11.4. The average molecular weight is 183 g/mol. The lowest BCUT2D eigenvalue weighted by Gasteiger charge is -2.11. The Bertz CT molecular complexity index is 311. The molecule has 0 saturated heterocycles. The summed E-state index contributed by atoms with van der Waals surface area (Å²) in [5, 5.41) is 2.44. The standard InChI is InChI=1S/C8H13N3O2/c1-8(2,9)7-11-5(4-13-7)6(12)10-3/h4H,9H2,1-3H3,(H,10,12). The molecule has 1 amide bonds. The predicted molar refractivity (Wildman–Crippen MR) is 47.1 cm³/mol. The van der Waals surface area contributed by atoms with Crippen molar-refractivity contribution in [3.8, 4) is 0 Å². The van der Waals surface area contributed by atoms with Gasteiger partial charge in [-0.2, -0.15) is 0 Å². The van der Waals surface area contributed by atoms with E-state index in [1.54, 1.807) is 13.8 Å². The monoisotopic (exact) mass is 183 g/mol. The Balaban J connectivity index is 2.93. The molecule has 0 radical (unpaired) electrons. The van der Waals surface area contributed by atoms with Crippen molar-refractivity contribution in [2.45, 2.75) is 19.4 Å². The Labute approximate surface area is 76.3 Å². The highest BCUT2D eigenvalue weighted by Gasteiger charge is 2.22. The number of oxazole rings is 1. The molecule has 5 nitrogen and oxygen atoms in total. The van der Waals surface area contributed by atoms with Gasteiger partial charge in [0.15, 0.2) is 5.69 Å². The molecule has 0 unspecified atom stereocenters.